The second-order valence-corrected chi connectivity index (χ2v) is 8.31. The van der Waals surface area contributed by atoms with Gasteiger partial charge in [0.05, 0.1) is 16.6 Å². The Labute approximate surface area is 166 Å². The fraction of sp³-hybridized carbons (Fsp3) is 0.316. The van der Waals surface area contributed by atoms with Crippen LogP contribution >= 0.6 is 0 Å². The van der Waals surface area contributed by atoms with E-state index >= 15 is 0 Å². The lowest BCUT2D eigenvalue weighted by Gasteiger charge is -2.12. The Morgan fingerprint density at radius 3 is 2.48 bits per heavy atom. The summed E-state index contributed by atoms with van der Waals surface area (Å²) in [6, 6.07) is 9.37. The average molecular weight is 428 g/mol. The van der Waals surface area contributed by atoms with Crippen LogP contribution in [0.1, 0.15) is 28.8 Å². The highest BCUT2D eigenvalue weighted by atomic mass is 32.2. The number of carbonyl (C=O) groups is 1. The van der Waals surface area contributed by atoms with Gasteiger partial charge in [0.15, 0.2) is 0 Å². The lowest BCUT2D eigenvalue weighted by atomic mass is 10.1. The van der Waals surface area contributed by atoms with Crippen molar-refractivity contribution in [1.29, 1.82) is 0 Å². The summed E-state index contributed by atoms with van der Waals surface area (Å²) in [5.74, 6) is -0.652. The number of anilines is 1. The molecule has 0 spiro atoms. The standard InChI is InChI=1S/C19H19F3N2O4S/c20-19(21,22)14-3-1-4-15(11-14)24-18(25)13-6-8-17(9-7-13)29(26,27)23-12-16-5-2-10-28-16/h1,3-4,6-9,11,16,23H,2,5,10,12H2,(H,24,25)/t16-/m1/s1. The molecule has 1 atom stereocenters. The number of hydrogen-bond acceptors (Lipinski definition) is 4. The molecule has 0 unspecified atom stereocenters. The van der Waals surface area contributed by atoms with Crippen molar-refractivity contribution in [3.05, 3.63) is 59.7 Å². The summed E-state index contributed by atoms with van der Waals surface area (Å²) in [5.41, 5.74) is -0.783. The Hall–Kier alpha value is -2.43. The highest BCUT2D eigenvalue weighted by molar-refractivity contribution is 7.89. The molecule has 0 aromatic heterocycles. The van der Waals surface area contributed by atoms with E-state index in [2.05, 4.69) is 10.0 Å². The van der Waals surface area contributed by atoms with Crippen molar-refractivity contribution in [3.63, 3.8) is 0 Å². The number of ether oxygens (including phenoxy) is 1. The monoisotopic (exact) mass is 428 g/mol. The predicted octanol–water partition coefficient (Wildman–Crippen LogP) is 3.42. The van der Waals surface area contributed by atoms with Crippen LogP contribution in [0.5, 0.6) is 0 Å². The third kappa shape index (κ3) is 5.55. The Morgan fingerprint density at radius 1 is 1.14 bits per heavy atom. The zero-order valence-corrected chi connectivity index (χ0v) is 16.0. The van der Waals surface area contributed by atoms with Crippen LogP contribution in [0.2, 0.25) is 0 Å². The number of nitrogens with one attached hydrogen (secondary N) is 2. The van der Waals surface area contributed by atoms with E-state index in [4.69, 9.17) is 4.74 Å². The van der Waals surface area contributed by atoms with Crippen LogP contribution in [0.4, 0.5) is 18.9 Å². The summed E-state index contributed by atoms with van der Waals surface area (Å²) < 4.78 is 70.8. The summed E-state index contributed by atoms with van der Waals surface area (Å²) in [4.78, 5) is 12.2. The summed E-state index contributed by atoms with van der Waals surface area (Å²) in [6.07, 6.45) is -2.99. The van der Waals surface area contributed by atoms with Gasteiger partial charge in [-0.3, -0.25) is 4.79 Å². The van der Waals surface area contributed by atoms with E-state index < -0.39 is 27.7 Å². The number of carbonyl (C=O) groups excluding carboxylic acids is 1. The van der Waals surface area contributed by atoms with Crippen LogP contribution in [0.25, 0.3) is 0 Å². The Balaban J connectivity index is 1.65. The minimum atomic E-state index is -4.52. The molecule has 1 heterocycles. The SMILES string of the molecule is O=C(Nc1cccc(C(F)(F)F)c1)c1ccc(S(=O)(=O)NC[C@H]2CCCO2)cc1. The molecule has 1 amide bonds. The van der Waals surface area contributed by atoms with Gasteiger partial charge in [0.1, 0.15) is 0 Å². The summed E-state index contributed by atoms with van der Waals surface area (Å²) in [7, 11) is -3.76. The highest BCUT2D eigenvalue weighted by Crippen LogP contribution is 2.30. The normalized spacial score (nSPS) is 17.3. The van der Waals surface area contributed by atoms with E-state index in [1.54, 1.807) is 0 Å². The maximum atomic E-state index is 12.8. The van der Waals surface area contributed by atoms with Crippen molar-refractivity contribution in [1.82, 2.24) is 4.72 Å². The number of benzene rings is 2. The molecule has 29 heavy (non-hydrogen) atoms. The van der Waals surface area contributed by atoms with Crippen LogP contribution in [0.3, 0.4) is 0 Å². The summed E-state index contributed by atoms with van der Waals surface area (Å²) in [6.45, 7) is 0.780. The van der Waals surface area contributed by atoms with E-state index in [-0.39, 0.29) is 28.8 Å². The van der Waals surface area contributed by atoms with Crippen LogP contribution in [-0.4, -0.2) is 33.6 Å². The molecule has 2 aromatic rings. The lowest BCUT2D eigenvalue weighted by molar-refractivity contribution is -0.137. The minimum Gasteiger partial charge on any atom is -0.377 e. The number of halogens is 3. The first-order valence-corrected chi connectivity index (χ1v) is 10.3. The van der Waals surface area contributed by atoms with Crippen molar-refractivity contribution in [3.8, 4) is 0 Å². The third-order valence-corrected chi connectivity index (χ3v) is 5.84. The largest absolute Gasteiger partial charge is 0.416 e. The summed E-state index contributed by atoms with van der Waals surface area (Å²) >= 11 is 0. The van der Waals surface area contributed by atoms with Crippen LogP contribution in [-0.2, 0) is 20.9 Å². The van der Waals surface area contributed by atoms with E-state index in [1.807, 2.05) is 0 Å². The Bertz CT molecular complexity index is 970. The van der Waals surface area contributed by atoms with Gasteiger partial charge < -0.3 is 10.1 Å². The molecule has 2 aromatic carbocycles. The zero-order valence-electron chi connectivity index (χ0n) is 15.2. The average Bonchev–Trinajstić information content (AvgIpc) is 3.20. The van der Waals surface area contributed by atoms with E-state index in [0.29, 0.717) is 6.61 Å². The smallest absolute Gasteiger partial charge is 0.377 e. The molecule has 1 aliphatic heterocycles. The van der Waals surface area contributed by atoms with Gasteiger partial charge in [-0.2, -0.15) is 13.2 Å². The van der Waals surface area contributed by atoms with Crippen molar-refractivity contribution in [2.75, 3.05) is 18.5 Å². The fourth-order valence-electron chi connectivity index (χ4n) is 2.85. The van der Waals surface area contributed by atoms with Crippen molar-refractivity contribution in [2.45, 2.75) is 30.0 Å². The molecule has 0 aliphatic carbocycles. The Morgan fingerprint density at radius 2 is 1.86 bits per heavy atom. The van der Waals surface area contributed by atoms with Gasteiger partial charge in [0.2, 0.25) is 10.0 Å². The molecular weight excluding hydrogens is 409 g/mol. The first-order chi connectivity index (χ1) is 13.6. The lowest BCUT2D eigenvalue weighted by Crippen LogP contribution is -2.31. The molecule has 1 saturated heterocycles. The van der Waals surface area contributed by atoms with E-state index in [1.165, 1.54) is 36.4 Å². The molecule has 0 radical (unpaired) electrons. The molecule has 0 bridgehead atoms. The number of amides is 1. The molecule has 1 fully saturated rings. The molecule has 6 nitrogen and oxygen atoms in total. The second kappa shape index (κ2) is 8.52. The van der Waals surface area contributed by atoms with Crippen LogP contribution < -0.4 is 10.0 Å². The number of rotatable bonds is 6. The van der Waals surface area contributed by atoms with E-state index in [0.717, 1.165) is 25.0 Å². The van der Waals surface area contributed by atoms with Gasteiger partial charge in [-0.05, 0) is 55.3 Å². The minimum absolute atomic E-state index is 0.0141. The molecule has 10 heteroatoms. The highest BCUT2D eigenvalue weighted by Gasteiger charge is 2.30. The molecule has 0 saturated carbocycles. The fourth-order valence-corrected chi connectivity index (χ4v) is 3.92. The first kappa shape index (κ1) is 21.3. The van der Waals surface area contributed by atoms with Crippen molar-refractivity contribution >= 4 is 21.6 Å². The van der Waals surface area contributed by atoms with Crippen LogP contribution in [0, 0.1) is 0 Å². The molecule has 156 valence electrons. The van der Waals surface area contributed by atoms with Gasteiger partial charge in [0.25, 0.3) is 5.91 Å². The van der Waals surface area contributed by atoms with Gasteiger partial charge in [-0.1, -0.05) is 6.07 Å². The van der Waals surface area contributed by atoms with Gasteiger partial charge in [-0.25, -0.2) is 13.1 Å². The predicted molar refractivity (Wildman–Crippen MR) is 100 cm³/mol. The quantitative estimate of drug-likeness (QED) is 0.739. The number of alkyl halides is 3. The maximum absolute atomic E-state index is 12.8. The topological polar surface area (TPSA) is 84.5 Å². The van der Waals surface area contributed by atoms with Gasteiger partial charge >= 0.3 is 6.18 Å². The first-order valence-electron chi connectivity index (χ1n) is 8.85. The molecular formula is C19H19F3N2O4S. The van der Waals surface area contributed by atoms with Crippen molar-refractivity contribution in [2.24, 2.45) is 0 Å². The third-order valence-electron chi connectivity index (χ3n) is 4.40. The van der Waals surface area contributed by atoms with Gasteiger partial charge in [0, 0.05) is 24.4 Å². The molecule has 1 aliphatic rings. The number of sulfonamides is 1. The molecule has 3 rings (SSSR count). The van der Waals surface area contributed by atoms with E-state index in [9.17, 15) is 26.4 Å². The molecule has 2 N–H and O–H groups in total. The summed E-state index contributed by atoms with van der Waals surface area (Å²) in [5, 5.41) is 2.37. The van der Waals surface area contributed by atoms with Crippen molar-refractivity contribution < 1.29 is 31.1 Å². The maximum Gasteiger partial charge on any atom is 0.416 e. The Kier molecular flexibility index (Phi) is 6.25. The zero-order chi connectivity index (χ0) is 21.1. The second-order valence-electron chi connectivity index (χ2n) is 6.54. The van der Waals surface area contributed by atoms with Gasteiger partial charge in [-0.15, -0.1) is 0 Å². The van der Waals surface area contributed by atoms with Crippen LogP contribution in [0.15, 0.2) is 53.4 Å². The number of hydrogen-bond donors (Lipinski definition) is 2.